The number of pyridine rings is 1. The first-order valence-electron chi connectivity index (χ1n) is 3.68. The lowest BCUT2D eigenvalue weighted by Crippen LogP contribution is -1.90. The van der Waals surface area contributed by atoms with Crippen LogP contribution in [0.25, 0.3) is 10.8 Å². The Hall–Kier alpha value is -1.16. The summed E-state index contributed by atoms with van der Waals surface area (Å²) in [6, 6.07) is 4.96. The van der Waals surface area contributed by atoms with Gasteiger partial charge in [0.25, 0.3) is 0 Å². The van der Waals surface area contributed by atoms with Gasteiger partial charge >= 0.3 is 0 Å². The number of fused-ring (bicyclic) bond motifs is 1. The molecule has 4 heteroatoms. The predicted molar refractivity (Wildman–Crippen MR) is 53.8 cm³/mol. The SMILES string of the molecule is Nc1cc2c(F)c(Br)ccc2cn1. The molecule has 66 valence electrons. The van der Waals surface area contributed by atoms with Crippen molar-refractivity contribution in [3.05, 3.63) is 34.7 Å². The Balaban J connectivity index is 2.89. The van der Waals surface area contributed by atoms with E-state index in [1.165, 1.54) is 6.07 Å². The number of halogens is 2. The zero-order valence-corrected chi connectivity index (χ0v) is 8.18. The summed E-state index contributed by atoms with van der Waals surface area (Å²) in [5.41, 5.74) is 5.45. The number of nitrogen functional groups attached to an aromatic ring is 1. The van der Waals surface area contributed by atoms with Crippen molar-refractivity contribution >= 4 is 32.5 Å². The van der Waals surface area contributed by atoms with E-state index in [0.29, 0.717) is 15.7 Å². The molecule has 1 aromatic heterocycles. The van der Waals surface area contributed by atoms with Crippen molar-refractivity contribution in [2.45, 2.75) is 0 Å². The van der Waals surface area contributed by atoms with Crippen molar-refractivity contribution in [1.82, 2.24) is 4.98 Å². The van der Waals surface area contributed by atoms with Gasteiger partial charge in [-0.05, 0) is 28.1 Å². The van der Waals surface area contributed by atoms with Crippen LogP contribution in [0.5, 0.6) is 0 Å². The highest BCUT2D eigenvalue weighted by atomic mass is 79.9. The van der Waals surface area contributed by atoms with E-state index in [1.807, 2.05) is 0 Å². The van der Waals surface area contributed by atoms with Gasteiger partial charge in [-0.2, -0.15) is 0 Å². The van der Waals surface area contributed by atoms with Gasteiger partial charge < -0.3 is 5.73 Å². The second-order valence-electron chi connectivity index (χ2n) is 2.69. The molecule has 1 aromatic carbocycles. The Morgan fingerprint density at radius 1 is 1.38 bits per heavy atom. The standard InChI is InChI=1S/C9H6BrFN2/c10-7-2-1-5-4-13-8(12)3-6(5)9(7)11/h1-4H,(H2,12,13). The summed E-state index contributed by atoms with van der Waals surface area (Å²) in [6.45, 7) is 0. The molecule has 0 fully saturated rings. The molecule has 1 heterocycles. The molecule has 0 radical (unpaired) electrons. The third-order valence-electron chi connectivity index (χ3n) is 1.81. The molecular formula is C9H6BrFN2. The fourth-order valence-corrected chi connectivity index (χ4v) is 1.52. The number of benzene rings is 1. The van der Waals surface area contributed by atoms with Gasteiger partial charge in [-0.25, -0.2) is 9.37 Å². The van der Waals surface area contributed by atoms with Gasteiger partial charge in [-0.3, -0.25) is 0 Å². The van der Waals surface area contributed by atoms with Gasteiger partial charge in [-0.15, -0.1) is 0 Å². The molecule has 13 heavy (non-hydrogen) atoms. The Labute approximate surface area is 82.7 Å². The number of hydrogen-bond acceptors (Lipinski definition) is 2. The maximum Gasteiger partial charge on any atom is 0.145 e. The van der Waals surface area contributed by atoms with Crippen molar-refractivity contribution in [2.75, 3.05) is 5.73 Å². The van der Waals surface area contributed by atoms with Crippen LogP contribution in [0.4, 0.5) is 10.2 Å². The lowest BCUT2D eigenvalue weighted by atomic mass is 10.2. The summed E-state index contributed by atoms with van der Waals surface area (Å²) in [5.74, 6) is 0.0242. The molecule has 2 nitrogen and oxygen atoms in total. The van der Waals surface area contributed by atoms with Crippen LogP contribution in [0.1, 0.15) is 0 Å². The van der Waals surface area contributed by atoms with Crippen molar-refractivity contribution in [1.29, 1.82) is 0 Å². The predicted octanol–water partition coefficient (Wildman–Crippen LogP) is 2.72. The molecule has 2 aromatic rings. The fraction of sp³-hybridized carbons (Fsp3) is 0. The maximum atomic E-state index is 13.4. The first-order valence-corrected chi connectivity index (χ1v) is 4.47. The molecule has 0 atom stereocenters. The number of nitrogens with two attached hydrogens (primary N) is 1. The van der Waals surface area contributed by atoms with Crippen LogP contribution in [-0.2, 0) is 0 Å². The van der Waals surface area contributed by atoms with Gasteiger partial charge in [0.15, 0.2) is 0 Å². The Kier molecular flexibility index (Phi) is 1.92. The lowest BCUT2D eigenvalue weighted by molar-refractivity contribution is 0.633. The molecule has 0 saturated heterocycles. The molecule has 0 amide bonds. The molecular weight excluding hydrogens is 235 g/mol. The number of hydrogen-bond donors (Lipinski definition) is 1. The largest absolute Gasteiger partial charge is 0.384 e. The van der Waals surface area contributed by atoms with Crippen LogP contribution in [0, 0.1) is 5.82 Å². The van der Waals surface area contributed by atoms with Gasteiger partial charge in [0.1, 0.15) is 11.6 Å². The van der Waals surface area contributed by atoms with Crippen molar-refractivity contribution in [3.63, 3.8) is 0 Å². The summed E-state index contributed by atoms with van der Waals surface area (Å²) in [6.07, 6.45) is 1.56. The Morgan fingerprint density at radius 3 is 2.92 bits per heavy atom. The summed E-state index contributed by atoms with van der Waals surface area (Å²) in [7, 11) is 0. The van der Waals surface area contributed by atoms with E-state index in [1.54, 1.807) is 18.3 Å². The van der Waals surface area contributed by atoms with Crippen molar-refractivity contribution in [2.24, 2.45) is 0 Å². The Morgan fingerprint density at radius 2 is 2.15 bits per heavy atom. The number of nitrogens with zero attached hydrogens (tertiary/aromatic N) is 1. The average molecular weight is 241 g/mol. The quantitative estimate of drug-likeness (QED) is 0.770. The van der Waals surface area contributed by atoms with E-state index < -0.39 is 0 Å². The normalized spacial score (nSPS) is 10.6. The minimum absolute atomic E-state index is 0.299. The molecule has 0 aliphatic rings. The van der Waals surface area contributed by atoms with Crippen LogP contribution < -0.4 is 5.73 Å². The highest BCUT2D eigenvalue weighted by Crippen LogP contribution is 2.25. The van der Waals surface area contributed by atoms with E-state index in [9.17, 15) is 4.39 Å². The molecule has 0 spiro atoms. The van der Waals surface area contributed by atoms with E-state index in [2.05, 4.69) is 20.9 Å². The van der Waals surface area contributed by atoms with Crippen LogP contribution >= 0.6 is 15.9 Å². The summed E-state index contributed by atoms with van der Waals surface area (Å²) in [4.78, 5) is 3.87. The highest BCUT2D eigenvalue weighted by Gasteiger charge is 2.05. The zero-order chi connectivity index (χ0) is 9.42. The topological polar surface area (TPSA) is 38.9 Å². The van der Waals surface area contributed by atoms with Crippen molar-refractivity contribution in [3.8, 4) is 0 Å². The summed E-state index contributed by atoms with van der Waals surface area (Å²) in [5, 5.41) is 1.23. The van der Waals surface area contributed by atoms with E-state index in [4.69, 9.17) is 5.73 Å². The zero-order valence-electron chi connectivity index (χ0n) is 6.59. The van der Waals surface area contributed by atoms with Crippen LogP contribution in [-0.4, -0.2) is 4.98 Å². The molecule has 0 bridgehead atoms. The first-order chi connectivity index (χ1) is 6.18. The van der Waals surface area contributed by atoms with Gasteiger partial charge in [-0.1, -0.05) is 6.07 Å². The summed E-state index contributed by atoms with van der Waals surface area (Å²) >= 11 is 3.10. The molecule has 0 saturated carbocycles. The third kappa shape index (κ3) is 1.37. The average Bonchev–Trinajstić information content (AvgIpc) is 2.12. The summed E-state index contributed by atoms with van der Waals surface area (Å²) < 4.78 is 13.9. The molecule has 0 unspecified atom stereocenters. The fourth-order valence-electron chi connectivity index (χ4n) is 1.17. The van der Waals surface area contributed by atoms with Crippen LogP contribution in [0.3, 0.4) is 0 Å². The highest BCUT2D eigenvalue weighted by molar-refractivity contribution is 9.10. The molecule has 0 aliphatic carbocycles. The lowest BCUT2D eigenvalue weighted by Gasteiger charge is -2.01. The second-order valence-corrected chi connectivity index (χ2v) is 3.55. The van der Waals surface area contributed by atoms with E-state index in [0.717, 1.165) is 5.39 Å². The smallest absolute Gasteiger partial charge is 0.145 e. The second kappa shape index (κ2) is 2.96. The molecule has 0 aliphatic heterocycles. The van der Waals surface area contributed by atoms with E-state index in [-0.39, 0.29) is 5.82 Å². The first kappa shape index (κ1) is 8.44. The van der Waals surface area contributed by atoms with Crippen LogP contribution in [0.15, 0.2) is 28.9 Å². The number of aromatic nitrogens is 1. The van der Waals surface area contributed by atoms with Gasteiger partial charge in [0, 0.05) is 17.0 Å². The van der Waals surface area contributed by atoms with Crippen molar-refractivity contribution < 1.29 is 4.39 Å². The third-order valence-corrected chi connectivity index (χ3v) is 2.42. The minimum atomic E-state index is -0.299. The monoisotopic (exact) mass is 240 g/mol. The minimum Gasteiger partial charge on any atom is -0.384 e. The van der Waals surface area contributed by atoms with Crippen LogP contribution in [0.2, 0.25) is 0 Å². The van der Waals surface area contributed by atoms with E-state index >= 15 is 0 Å². The van der Waals surface area contributed by atoms with Gasteiger partial charge in [0.2, 0.25) is 0 Å². The molecule has 2 rings (SSSR count). The molecule has 2 N–H and O–H groups in total. The number of anilines is 1. The number of rotatable bonds is 0. The maximum absolute atomic E-state index is 13.4. The Bertz CT molecular complexity index is 465. The van der Waals surface area contributed by atoms with Gasteiger partial charge in [0.05, 0.1) is 4.47 Å².